The molecule has 8 heteroatoms. The number of ether oxygens (including phenoxy) is 1. The molecule has 0 amide bonds. The highest BCUT2D eigenvalue weighted by atomic mass is 32.2. The molecule has 2 rings (SSSR count). The minimum Gasteiger partial charge on any atom is -0.383 e. The van der Waals surface area contributed by atoms with Crippen LogP contribution < -0.4 is 4.72 Å². The molecule has 0 radical (unpaired) electrons. The van der Waals surface area contributed by atoms with E-state index in [4.69, 9.17) is 4.74 Å². The van der Waals surface area contributed by atoms with E-state index >= 15 is 0 Å². The Bertz CT molecular complexity index is 617. The third-order valence-electron chi connectivity index (χ3n) is 4.06. The van der Waals surface area contributed by atoms with E-state index in [1.54, 1.807) is 7.11 Å². The van der Waals surface area contributed by atoms with E-state index in [9.17, 15) is 17.2 Å². The molecule has 1 aliphatic heterocycles. The molecule has 1 aliphatic rings. The molecule has 0 spiro atoms. The van der Waals surface area contributed by atoms with Gasteiger partial charge in [0.05, 0.1) is 6.61 Å². The van der Waals surface area contributed by atoms with Crippen molar-refractivity contribution in [3.63, 3.8) is 0 Å². The van der Waals surface area contributed by atoms with Crippen molar-refractivity contribution in [2.24, 2.45) is 5.92 Å². The molecule has 1 aromatic carbocycles. The lowest BCUT2D eigenvalue weighted by Gasteiger charge is -2.31. The summed E-state index contributed by atoms with van der Waals surface area (Å²) in [4.78, 5) is 1.75. The number of benzene rings is 1. The summed E-state index contributed by atoms with van der Waals surface area (Å²) in [5, 5.41) is 0. The average molecular weight is 348 g/mol. The summed E-state index contributed by atoms with van der Waals surface area (Å²) >= 11 is 0. The van der Waals surface area contributed by atoms with Crippen LogP contribution in [0, 0.1) is 17.6 Å². The average Bonchev–Trinajstić information content (AvgIpc) is 2.51. The van der Waals surface area contributed by atoms with E-state index < -0.39 is 26.6 Å². The second-order valence-corrected chi connectivity index (χ2v) is 7.44. The van der Waals surface area contributed by atoms with Crippen molar-refractivity contribution >= 4 is 10.0 Å². The first-order valence-electron chi connectivity index (χ1n) is 7.58. The van der Waals surface area contributed by atoms with Gasteiger partial charge in [0.1, 0.15) is 16.5 Å². The SMILES string of the molecule is COCCN1CCC(CNS(=O)(=O)c2ccc(F)cc2F)CC1. The molecular formula is C15H22F2N2O3S. The number of rotatable bonds is 7. The smallest absolute Gasteiger partial charge is 0.243 e. The maximum atomic E-state index is 13.6. The summed E-state index contributed by atoms with van der Waals surface area (Å²) in [6.07, 6.45) is 1.75. The lowest BCUT2D eigenvalue weighted by molar-refractivity contribution is 0.121. The van der Waals surface area contributed by atoms with Crippen LogP contribution in [-0.2, 0) is 14.8 Å². The van der Waals surface area contributed by atoms with Gasteiger partial charge in [-0.2, -0.15) is 0 Å². The number of sulfonamides is 1. The third kappa shape index (κ3) is 5.20. The van der Waals surface area contributed by atoms with Crippen LogP contribution in [0.1, 0.15) is 12.8 Å². The number of methoxy groups -OCH3 is 1. The lowest BCUT2D eigenvalue weighted by atomic mass is 9.97. The Balaban J connectivity index is 1.86. The van der Waals surface area contributed by atoms with Gasteiger partial charge >= 0.3 is 0 Å². The number of piperidine rings is 1. The number of hydrogen-bond acceptors (Lipinski definition) is 4. The third-order valence-corrected chi connectivity index (χ3v) is 5.52. The van der Waals surface area contributed by atoms with Gasteiger partial charge in [0.25, 0.3) is 0 Å². The maximum Gasteiger partial charge on any atom is 0.243 e. The fourth-order valence-electron chi connectivity index (χ4n) is 2.63. The van der Waals surface area contributed by atoms with E-state index in [-0.39, 0.29) is 12.5 Å². The Kier molecular flexibility index (Phi) is 6.46. The van der Waals surface area contributed by atoms with Crippen molar-refractivity contribution in [1.29, 1.82) is 0 Å². The van der Waals surface area contributed by atoms with Gasteiger partial charge in [-0.3, -0.25) is 0 Å². The lowest BCUT2D eigenvalue weighted by Crippen LogP contribution is -2.39. The fraction of sp³-hybridized carbons (Fsp3) is 0.600. The second-order valence-electron chi connectivity index (χ2n) is 5.70. The summed E-state index contributed by atoms with van der Waals surface area (Å²) in [5.41, 5.74) is 0. The molecule has 1 heterocycles. The monoisotopic (exact) mass is 348 g/mol. The first-order chi connectivity index (χ1) is 10.9. The zero-order valence-electron chi connectivity index (χ0n) is 13.1. The summed E-state index contributed by atoms with van der Waals surface area (Å²) in [6, 6.07) is 2.45. The minimum absolute atomic E-state index is 0.215. The van der Waals surface area contributed by atoms with Crippen LogP contribution in [0.4, 0.5) is 8.78 Å². The largest absolute Gasteiger partial charge is 0.383 e. The number of nitrogens with one attached hydrogen (secondary N) is 1. The minimum atomic E-state index is -3.96. The van der Waals surface area contributed by atoms with Crippen LogP contribution in [-0.4, -0.2) is 53.2 Å². The Hall–Kier alpha value is -1.09. The molecule has 0 unspecified atom stereocenters. The second kappa shape index (κ2) is 8.14. The van der Waals surface area contributed by atoms with E-state index in [0.717, 1.165) is 44.6 Å². The van der Waals surface area contributed by atoms with Gasteiger partial charge in [-0.1, -0.05) is 0 Å². The van der Waals surface area contributed by atoms with Crippen molar-refractivity contribution in [3.05, 3.63) is 29.8 Å². The number of hydrogen-bond donors (Lipinski definition) is 1. The molecule has 0 aliphatic carbocycles. The highest BCUT2D eigenvalue weighted by Gasteiger charge is 2.23. The maximum absolute atomic E-state index is 13.6. The zero-order valence-corrected chi connectivity index (χ0v) is 13.9. The van der Waals surface area contributed by atoms with Gasteiger partial charge < -0.3 is 9.64 Å². The quantitative estimate of drug-likeness (QED) is 0.813. The normalized spacial score (nSPS) is 17.5. The standard InChI is InChI=1S/C15H22F2N2O3S/c1-22-9-8-19-6-4-12(5-7-19)11-18-23(20,21)15-3-2-13(16)10-14(15)17/h2-3,10,12,18H,4-9,11H2,1H3. The summed E-state index contributed by atoms with van der Waals surface area (Å²) in [6.45, 7) is 3.59. The summed E-state index contributed by atoms with van der Waals surface area (Å²) in [7, 11) is -2.30. The summed E-state index contributed by atoms with van der Waals surface area (Å²) in [5.74, 6) is -1.66. The van der Waals surface area contributed by atoms with Crippen molar-refractivity contribution in [3.8, 4) is 0 Å². The number of likely N-dealkylation sites (tertiary alicyclic amines) is 1. The van der Waals surface area contributed by atoms with Crippen molar-refractivity contribution in [1.82, 2.24) is 9.62 Å². The molecule has 1 fully saturated rings. The van der Waals surface area contributed by atoms with Crippen LogP contribution in [0.5, 0.6) is 0 Å². The molecule has 5 nitrogen and oxygen atoms in total. The topological polar surface area (TPSA) is 58.6 Å². The van der Waals surface area contributed by atoms with E-state index in [2.05, 4.69) is 9.62 Å². The predicted molar refractivity (Wildman–Crippen MR) is 82.6 cm³/mol. The van der Waals surface area contributed by atoms with E-state index in [1.165, 1.54) is 0 Å². The van der Waals surface area contributed by atoms with Crippen molar-refractivity contribution < 1.29 is 21.9 Å². The van der Waals surface area contributed by atoms with E-state index in [1.807, 2.05) is 0 Å². The molecule has 23 heavy (non-hydrogen) atoms. The molecule has 0 bridgehead atoms. The van der Waals surface area contributed by atoms with Gasteiger partial charge in [-0.25, -0.2) is 21.9 Å². The predicted octanol–water partition coefficient (Wildman–Crippen LogP) is 1.60. The Morgan fingerprint density at radius 1 is 1.30 bits per heavy atom. The highest BCUT2D eigenvalue weighted by Crippen LogP contribution is 2.19. The Labute approximate surface area is 135 Å². The first kappa shape index (κ1) is 18.3. The van der Waals surface area contributed by atoms with Crippen LogP contribution in [0.25, 0.3) is 0 Å². The van der Waals surface area contributed by atoms with Crippen molar-refractivity contribution in [2.45, 2.75) is 17.7 Å². The van der Waals surface area contributed by atoms with Crippen molar-refractivity contribution in [2.75, 3.05) is 39.9 Å². The fourth-order valence-corrected chi connectivity index (χ4v) is 3.81. The zero-order chi connectivity index (χ0) is 16.9. The first-order valence-corrected chi connectivity index (χ1v) is 9.06. The van der Waals surface area contributed by atoms with Crippen LogP contribution >= 0.6 is 0 Å². The molecule has 1 saturated heterocycles. The van der Waals surface area contributed by atoms with Gasteiger partial charge in [0, 0.05) is 26.3 Å². The molecule has 0 atom stereocenters. The molecule has 1 N–H and O–H groups in total. The van der Waals surface area contributed by atoms with Crippen LogP contribution in [0.2, 0.25) is 0 Å². The van der Waals surface area contributed by atoms with Crippen LogP contribution in [0.3, 0.4) is 0 Å². The summed E-state index contributed by atoms with van der Waals surface area (Å²) < 4.78 is 58.2. The Morgan fingerprint density at radius 3 is 2.61 bits per heavy atom. The Morgan fingerprint density at radius 2 is 2.00 bits per heavy atom. The van der Waals surface area contributed by atoms with Gasteiger partial charge in [-0.05, 0) is 44.0 Å². The number of halogens is 2. The van der Waals surface area contributed by atoms with Gasteiger partial charge in [-0.15, -0.1) is 0 Å². The molecular weight excluding hydrogens is 326 g/mol. The number of nitrogens with zero attached hydrogens (tertiary/aromatic N) is 1. The van der Waals surface area contributed by atoms with Gasteiger partial charge in [0.2, 0.25) is 10.0 Å². The van der Waals surface area contributed by atoms with Gasteiger partial charge in [0.15, 0.2) is 0 Å². The highest BCUT2D eigenvalue weighted by molar-refractivity contribution is 7.89. The molecule has 1 aromatic rings. The molecule has 130 valence electrons. The molecule has 0 aromatic heterocycles. The van der Waals surface area contributed by atoms with E-state index in [0.29, 0.717) is 12.7 Å². The molecule has 0 saturated carbocycles. The van der Waals surface area contributed by atoms with Crippen LogP contribution in [0.15, 0.2) is 23.1 Å².